The molecule has 0 radical (unpaired) electrons. The van der Waals surface area contributed by atoms with Gasteiger partial charge in [-0.2, -0.15) is 0 Å². The average Bonchev–Trinajstić information content (AvgIpc) is 2.44. The van der Waals surface area contributed by atoms with E-state index in [1.165, 1.54) is 0 Å². The normalized spacial score (nSPS) is 21.4. The number of carbonyl (C=O) groups is 1. The number of carbonyl (C=O) groups excluding carboxylic acids is 1. The summed E-state index contributed by atoms with van der Waals surface area (Å²) < 4.78 is 24.6. The van der Waals surface area contributed by atoms with E-state index in [1.807, 2.05) is 39.0 Å². The molecule has 0 saturated carbocycles. The fraction of sp³-hybridized carbons (Fsp3) is 0.562. The third-order valence-corrected chi connectivity index (χ3v) is 5.73. The Hall–Kier alpha value is -1.56. The highest BCUT2D eigenvalue weighted by Crippen LogP contribution is 2.27. The first kappa shape index (κ1) is 16.8. The van der Waals surface area contributed by atoms with E-state index in [9.17, 15) is 13.2 Å². The number of hydrogen-bond donors (Lipinski definition) is 1. The Balaban J connectivity index is 2.10. The maximum Gasteiger partial charge on any atom is 0.317 e. The maximum absolute atomic E-state index is 12.3. The fourth-order valence-corrected chi connectivity index (χ4v) is 4.14. The van der Waals surface area contributed by atoms with Crippen LogP contribution in [0.5, 0.6) is 0 Å². The molecule has 2 amide bonds. The van der Waals surface area contributed by atoms with Crippen LogP contribution < -0.4 is 5.32 Å². The summed E-state index contributed by atoms with van der Waals surface area (Å²) in [4.78, 5) is 13.9. The van der Waals surface area contributed by atoms with Gasteiger partial charge in [-0.05, 0) is 11.0 Å². The number of nitrogens with zero attached hydrogens (tertiary/aromatic N) is 1. The predicted octanol–water partition coefficient (Wildman–Crippen LogP) is 2.21. The molecule has 1 aliphatic rings. The highest BCUT2D eigenvalue weighted by Gasteiger charge is 2.36. The molecule has 2 rings (SSSR count). The van der Waals surface area contributed by atoms with Crippen LogP contribution in [0.15, 0.2) is 30.3 Å². The molecule has 6 heteroatoms. The van der Waals surface area contributed by atoms with Gasteiger partial charge in [0.15, 0.2) is 9.84 Å². The van der Waals surface area contributed by atoms with Gasteiger partial charge in [0, 0.05) is 19.6 Å². The first-order chi connectivity index (χ1) is 10.2. The lowest BCUT2D eigenvalue weighted by Gasteiger charge is -2.33. The van der Waals surface area contributed by atoms with Gasteiger partial charge >= 0.3 is 6.03 Å². The average molecular weight is 324 g/mol. The third-order valence-electron chi connectivity index (χ3n) is 3.69. The molecule has 1 fully saturated rings. The summed E-state index contributed by atoms with van der Waals surface area (Å²) in [5.41, 5.74) is 0.743. The molecule has 22 heavy (non-hydrogen) atoms. The molecule has 0 bridgehead atoms. The SMILES string of the molecule is CC(C)(C)CNC(=O)N1CCS(=O)(=O)C(c2ccccc2)C1. The van der Waals surface area contributed by atoms with Gasteiger partial charge in [0.05, 0.1) is 5.75 Å². The number of rotatable bonds is 2. The largest absolute Gasteiger partial charge is 0.337 e. The van der Waals surface area contributed by atoms with E-state index >= 15 is 0 Å². The van der Waals surface area contributed by atoms with E-state index < -0.39 is 15.1 Å². The van der Waals surface area contributed by atoms with Gasteiger partial charge in [0.1, 0.15) is 5.25 Å². The van der Waals surface area contributed by atoms with Crippen LogP contribution in [0.1, 0.15) is 31.6 Å². The zero-order valence-electron chi connectivity index (χ0n) is 13.4. The Morgan fingerprint density at radius 3 is 2.50 bits per heavy atom. The number of hydrogen-bond acceptors (Lipinski definition) is 3. The predicted molar refractivity (Wildman–Crippen MR) is 87.4 cm³/mol. The van der Waals surface area contributed by atoms with Crippen molar-refractivity contribution in [3.05, 3.63) is 35.9 Å². The van der Waals surface area contributed by atoms with Crippen LogP contribution in [0.4, 0.5) is 4.79 Å². The molecular weight excluding hydrogens is 300 g/mol. The summed E-state index contributed by atoms with van der Waals surface area (Å²) in [5, 5.41) is 2.25. The molecule has 1 aromatic rings. The van der Waals surface area contributed by atoms with Crippen molar-refractivity contribution in [2.75, 3.05) is 25.4 Å². The lowest BCUT2D eigenvalue weighted by Crippen LogP contribution is -2.50. The molecule has 0 aromatic heterocycles. The van der Waals surface area contributed by atoms with Crippen molar-refractivity contribution in [1.82, 2.24) is 10.2 Å². The lowest BCUT2D eigenvalue weighted by atomic mass is 9.97. The first-order valence-corrected chi connectivity index (χ1v) is 9.20. The summed E-state index contributed by atoms with van der Waals surface area (Å²) in [7, 11) is -3.21. The molecule has 0 spiro atoms. The van der Waals surface area contributed by atoms with E-state index in [0.717, 1.165) is 5.56 Å². The first-order valence-electron chi connectivity index (χ1n) is 7.48. The summed E-state index contributed by atoms with van der Waals surface area (Å²) in [6.45, 7) is 7.15. The molecule has 1 heterocycles. The minimum atomic E-state index is -3.21. The van der Waals surface area contributed by atoms with Crippen LogP contribution in [0.3, 0.4) is 0 Å². The van der Waals surface area contributed by atoms with Crippen LogP contribution >= 0.6 is 0 Å². The van der Waals surface area contributed by atoms with Crippen molar-refractivity contribution in [3.63, 3.8) is 0 Å². The van der Waals surface area contributed by atoms with Gasteiger partial charge < -0.3 is 10.2 Å². The second-order valence-electron chi connectivity index (χ2n) is 6.93. The Morgan fingerprint density at radius 1 is 1.27 bits per heavy atom. The summed E-state index contributed by atoms with van der Waals surface area (Å²) in [6, 6.07) is 8.92. The molecule has 1 N–H and O–H groups in total. The van der Waals surface area contributed by atoms with Gasteiger partial charge in [-0.15, -0.1) is 0 Å². The van der Waals surface area contributed by atoms with Crippen LogP contribution in [-0.2, 0) is 9.84 Å². The van der Waals surface area contributed by atoms with Crippen LogP contribution in [0.25, 0.3) is 0 Å². The molecule has 1 aromatic carbocycles. The van der Waals surface area contributed by atoms with Gasteiger partial charge in [-0.1, -0.05) is 51.1 Å². The van der Waals surface area contributed by atoms with Crippen molar-refractivity contribution in [1.29, 1.82) is 0 Å². The minimum Gasteiger partial charge on any atom is -0.337 e. The highest BCUT2D eigenvalue weighted by molar-refractivity contribution is 7.91. The van der Waals surface area contributed by atoms with Crippen LogP contribution in [0, 0.1) is 5.41 Å². The van der Waals surface area contributed by atoms with Gasteiger partial charge in [-0.3, -0.25) is 0 Å². The van der Waals surface area contributed by atoms with Crippen molar-refractivity contribution in [2.45, 2.75) is 26.0 Å². The Labute approximate surface area is 132 Å². The zero-order valence-corrected chi connectivity index (χ0v) is 14.2. The maximum atomic E-state index is 12.3. The van der Waals surface area contributed by atoms with Gasteiger partial charge in [-0.25, -0.2) is 13.2 Å². The smallest absolute Gasteiger partial charge is 0.317 e. The molecule has 5 nitrogen and oxygen atoms in total. The highest BCUT2D eigenvalue weighted by atomic mass is 32.2. The van der Waals surface area contributed by atoms with Crippen molar-refractivity contribution < 1.29 is 13.2 Å². The number of urea groups is 1. The van der Waals surface area contributed by atoms with Crippen molar-refractivity contribution in [3.8, 4) is 0 Å². The minimum absolute atomic E-state index is 0.00362. The molecule has 1 atom stereocenters. The van der Waals surface area contributed by atoms with Crippen molar-refractivity contribution in [2.24, 2.45) is 5.41 Å². The van der Waals surface area contributed by atoms with Crippen LogP contribution in [-0.4, -0.2) is 44.7 Å². The number of sulfone groups is 1. The third kappa shape index (κ3) is 4.22. The standard InChI is InChI=1S/C16H24N2O3S/c1-16(2,3)12-17-15(19)18-9-10-22(20,21)14(11-18)13-7-5-4-6-8-13/h4-8,14H,9-12H2,1-3H3,(H,17,19). The Kier molecular flexibility index (Phi) is 4.80. The topological polar surface area (TPSA) is 66.5 Å². The van der Waals surface area contributed by atoms with Crippen LogP contribution in [0.2, 0.25) is 0 Å². The van der Waals surface area contributed by atoms with Gasteiger partial charge in [0.2, 0.25) is 0 Å². The Morgan fingerprint density at radius 2 is 1.91 bits per heavy atom. The molecule has 1 saturated heterocycles. The fourth-order valence-electron chi connectivity index (χ4n) is 2.40. The number of nitrogens with one attached hydrogen (secondary N) is 1. The Bertz CT molecular complexity index is 621. The number of benzene rings is 1. The van der Waals surface area contributed by atoms with E-state index in [2.05, 4.69) is 5.32 Å². The summed E-state index contributed by atoms with van der Waals surface area (Å²) in [5.74, 6) is 0.00942. The second-order valence-corrected chi connectivity index (χ2v) is 9.23. The van der Waals surface area contributed by atoms with E-state index in [0.29, 0.717) is 6.54 Å². The van der Waals surface area contributed by atoms with Gasteiger partial charge in [0.25, 0.3) is 0 Å². The second kappa shape index (κ2) is 6.28. The van der Waals surface area contributed by atoms with Crippen molar-refractivity contribution >= 4 is 15.9 Å². The quantitative estimate of drug-likeness (QED) is 0.907. The zero-order chi connectivity index (χ0) is 16.4. The lowest BCUT2D eigenvalue weighted by molar-refractivity contribution is 0.193. The monoisotopic (exact) mass is 324 g/mol. The summed E-state index contributed by atoms with van der Waals surface area (Å²) in [6.07, 6.45) is 0. The van der Waals surface area contributed by atoms with E-state index in [1.54, 1.807) is 17.0 Å². The molecule has 1 aliphatic heterocycles. The molecule has 1 unspecified atom stereocenters. The summed E-state index contributed by atoms with van der Waals surface area (Å²) >= 11 is 0. The molecule has 122 valence electrons. The van der Waals surface area contributed by atoms with E-state index in [4.69, 9.17) is 0 Å². The number of amides is 2. The molecular formula is C16H24N2O3S. The molecule has 0 aliphatic carbocycles. The van der Waals surface area contributed by atoms with E-state index in [-0.39, 0.29) is 30.3 Å².